The van der Waals surface area contributed by atoms with E-state index >= 15 is 0 Å². The van der Waals surface area contributed by atoms with E-state index in [2.05, 4.69) is 6.07 Å². The number of phenolic OH excluding ortho intramolecular Hbond substituents is 1. The van der Waals surface area contributed by atoms with Crippen LogP contribution in [-0.4, -0.2) is 5.11 Å². The largest absolute Gasteiger partial charge is 0.506 e. The minimum absolute atomic E-state index is 0.0345. The Bertz CT molecular complexity index is 961. The Morgan fingerprint density at radius 1 is 1.19 bits per heavy atom. The van der Waals surface area contributed by atoms with Crippen LogP contribution in [0.3, 0.4) is 0 Å². The number of hydrogen-bond donors (Lipinski definition) is 2. The zero-order chi connectivity index (χ0) is 19.1. The summed E-state index contributed by atoms with van der Waals surface area (Å²) in [6.45, 7) is 0. The first-order valence-electron chi connectivity index (χ1n) is 8.02. The van der Waals surface area contributed by atoms with Gasteiger partial charge >= 0.3 is 0 Å². The lowest BCUT2D eigenvalue weighted by atomic mass is 9.56. The van der Waals surface area contributed by atoms with Gasteiger partial charge in [0.25, 0.3) is 0 Å². The van der Waals surface area contributed by atoms with E-state index in [9.17, 15) is 20.9 Å². The number of aromatic hydroxyl groups is 1. The summed E-state index contributed by atoms with van der Waals surface area (Å²) in [6, 6.07) is 8.97. The third-order valence-electron chi connectivity index (χ3n) is 5.19. The highest BCUT2D eigenvalue weighted by atomic mass is 35.5. The maximum atomic E-state index is 10.5. The van der Waals surface area contributed by atoms with E-state index in [0.29, 0.717) is 12.0 Å². The molecule has 0 saturated carbocycles. The topological polar surface area (TPSA) is 118 Å². The number of nitriles is 3. The van der Waals surface area contributed by atoms with Crippen LogP contribution in [0.2, 0.25) is 10.0 Å². The molecule has 130 valence electrons. The van der Waals surface area contributed by atoms with Crippen LogP contribution in [0.15, 0.2) is 35.1 Å². The van der Waals surface area contributed by atoms with E-state index in [0.717, 1.165) is 18.4 Å². The smallest absolute Gasteiger partial charge is 0.191 e. The summed E-state index contributed by atoms with van der Waals surface area (Å²) in [6.07, 6.45) is 4.20. The molecule has 1 aromatic rings. The van der Waals surface area contributed by atoms with Crippen LogP contribution in [0, 0.1) is 45.3 Å². The molecule has 0 heterocycles. The number of fused-ring (bicyclic) bond motifs is 1. The van der Waals surface area contributed by atoms with Gasteiger partial charge in [0.1, 0.15) is 11.8 Å². The summed E-state index contributed by atoms with van der Waals surface area (Å²) in [5, 5.41) is 40.3. The molecule has 5 nitrogen and oxygen atoms in total. The molecule has 0 aromatic heterocycles. The van der Waals surface area contributed by atoms with Gasteiger partial charge in [0.15, 0.2) is 5.41 Å². The van der Waals surface area contributed by atoms with E-state index < -0.39 is 11.3 Å². The van der Waals surface area contributed by atoms with Crippen molar-refractivity contribution in [3.63, 3.8) is 0 Å². The van der Waals surface area contributed by atoms with Crippen molar-refractivity contribution in [1.29, 1.82) is 15.8 Å². The molecule has 2 aliphatic rings. The van der Waals surface area contributed by atoms with Crippen LogP contribution in [0.4, 0.5) is 0 Å². The lowest BCUT2D eigenvalue weighted by Gasteiger charge is -2.43. The van der Waals surface area contributed by atoms with Crippen LogP contribution >= 0.6 is 23.2 Å². The molecule has 0 unspecified atom stereocenters. The van der Waals surface area contributed by atoms with Crippen LogP contribution in [-0.2, 0) is 0 Å². The number of rotatable bonds is 1. The van der Waals surface area contributed by atoms with Gasteiger partial charge in [-0.05, 0) is 42.9 Å². The molecular formula is C19H14Cl2N4O. The quantitative estimate of drug-likeness (QED) is 0.748. The molecule has 0 bridgehead atoms. The van der Waals surface area contributed by atoms with E-state index in [4.69, 9.17) is 28.9 Å². The summed E-state index contributed by atoms with van der Waals surface area (Å²) >= 11 is 12.2. The average molecular weight is 385 g/mol. The van der Waals surface area contributed by atoms with Crippen LogP contribution < -0.4 is 5.73 Å². The SMILES string of the molecule is N#CC1=C(N)C(C#N)(C#N)[C@@H](c2cc(Cl)cc(Cl)c2O)[C@@H]2CCCC=C12. The number of hydrogen-bond acceptors (Lipinski definition) is 5. The van der Waals surface area contributed by atoms with Gasteiger partial charge in [-0.2, -0.15) is 15.8 Å². The molecule has 0 radical (unpaired) electrons. The second kappa shape index (κ2) is 6.58. The molecule has 3 N–H and O–H groups in total. The highest BCUT2D eigenvalue weighted by molar-refractivity contribution is 6.35. The lowest BCUT2D eigenvalue weighted by Crippen LogP contribution is -2.42. The number of benzene rings is 1. The Hall–Kier alpha value is -2.65. The first kappa shape index (κ1) is 18.2. The van der Waals surface area contributed by atoms with Gasteiger partial charge in [0, 0.05) is 16.5 Å². The minimum Gasteiger partial charge on any atom is -0.506 e. The Labute approximate surface area is 161 Å². The molecule has 2 atom stereocenters. The Morgan fingerprint density at radius 3 is 2.50 bits per heavy atom. The van der Waals surface area contributed by atoms with E-state index in [1.54, 1.807) is 0 Å². The van der Waals surface area contributed by atoms with E-state index in [1.165, 1.54) is 12.1 Å². The summed E-state index contributed by atoms with van der Waals surface area (Å²) in [4.78, 5) is 0. The summed E-state index contributed by atoms with van der Waals surface area (Å²) in [5.74, 6) is -1.32. The van der Waals surface area contributed by atoms with Crippen molar-refractivity contribution in [2.24, 2.45) is 17.1 Å². The number of nitrogens with two attached hydrogens (primary N) is 1. The van der Waals surface area contributed by atoms with Gasteiger partial charge in [-0.3, -0.25) is 0 Å². The molecule has 0 amide bonds. The summed E-state index contributed by atoms with van der Waals surface area (Å²) in [7, 11) is 0. The van der Waals surface area contributed by atoms with Crippen molar-refractivity contribution in [2.45, 2.75) is 25.2 Å². The molecule has 0 aliphatic heterocycles. The Balaban J connectivity index is 2.40. The fraction of sp³-hybridized carbons (Fsp3) is 0.316. The van der Waals surface area contributed by atoms with E-state index in [1.807, 2.05) is 18.2 Å². The van der Waals surface area contributed by atoms with Crippen molar-refractivity contribution < 1.29 is 5.11 Å². The molecule has 0 fully saturated rings. The molecular weight excluding hydrogens is 371 g/mol. The number of phenols is 1. The van der Waals surface area contributed by atoms with Crippen LogP contribution in [0.25, 0.3) is 0 Å². The molecule has 7 heteroatoms. The van der Waals surface area contributed by atoms with Crippen molar-refractivity contribution >= 4 is 23.2 Å². The Morgan fingerprint density at radius 2 is 1.88 bits per heavy atom. The van der Waals surface area contributed by atoms with Gasteiger partial charge in [-0.25, -0.2) is 0 Å². The van der Waals surface area contributed by atoms with Crippen LogP contribution in [0.5, 0.6) is 5.75 Å². The van der Waals surface area contributed by atoms with Crippen molar-refractivity contribution in [1.82, 2.24) is 0 Å². The molecule has 0 spiro atoms. The third-order valence-corrected chi connectivity index (χ3v) is 5.70. The molecule has 0 saturated heterocycles. The molecule has 26 heavy (non-hydrogen) atoms. The lowest BCUT2D eigenvalue weighted by molar-refractivity contribution is 0.308. The van der Waals surface area contributed by atoms with Crippen molar-refractivity contribution in [2.75, 3.05) is 0 Å². The molecule has 2 aliphatic carbocycles. The summed E-state index contributed by atoms with van der Waals surface area (Å²) in [5.41, 5.74) is 5.49. The zero-order valence-corrected chi connectivity index (χ0v) is 15.1. The number of nitrogens with zero attached hydrogens (tertiary/aromatic N) is 3. The monoisotopic (exact) mass is 384 g/mol. The van der Waals surface area contributed by atoms with Gasteiger partial charge in [-0.15, -0.1) is 0 Å². The molecule has 3 rings (SSSR count). The highest BCUT2D eigenvalue weighted by Gasteiger charge is 2.54. The van der Waals surface area contributed by atoms with Crippen LogP contribution in [0.1, 0.15) is 30.7 Å². The predicted molar refractivity (Wildman–Crippen MR) is 96.8 cm³/mol. The number of allylic oxidation sites excluding steroid dienone is 4. The maximum absolute atomic E-state index is 10.5. The third kappa shape index (κ3) is 2.43. The van der Waals surface area contributed by atoms with Crippen molar-refractivity contribution in [3.05, 3.63) is 50.7 Å². The standard InChI is InChI=1S/C19H14Cl2N4O/c20-10-5-13(17(26)15(21)6-10)16-12-4-2-1-3-11(12)14(7-22)18(25)19(16,8-23)9-24/h3,5-6,12,16,26H,1-2,4,25H2/t12-,16-/m1/s1. The normalized spacial score (nSPS) is 23.9. The molecule has 1 aromatic carbocycles. The first-order valence-corrected chi connectivity index (χ1v) is 8.78. The van der Waals surface area contributed by atoms with Gasteiger partial charge in [-0.1, -0.05) is 29.3 Å². The van der Waals surface area contributed by atoms with Gasteiger partial charge in [0.2, 0.25) is 0 Å². The van der Waals surface area contributed by atoms with Crippen molar-refractivity contribution in [3.8, 4) is 24.0 Å². The number of halogens is 2. The van der Waals surface area contributed by atoms with E-state index in [-0.39, 0.29) is 33.0 Å². The second-order valence-corrected chi connectivity index (χ2v) is 7.28. The predicted octanol–water partition coefficient (Wildman–Crippen LogP) is 4.29. The summed E-state index contributed by atoms with van der Waals surface area (Å²) < 4.78 is 0. The fourth-order valence-corrected chi connectivity index (χ4v) is 4.55. The van der Waals surface area contributed by atoms with Gasteiger partial charge in [0.05, 0.1) is 28.4 Å². The Kier molecular flexibility index (Phi) is 4.59. The van der Waals surface area contributed by atoms with Gasteiger partial charge < -0.3 is 10.8 Å². The fourth-order valence-electron chi connectivity index (χ4n) is 4.04. The highest BCUT2D eigenvalue weighted by Crippen LogP contribution is 2.58. The maximum Gasteiger partial charge on any atom is 0.191 e. The second-order valence-electron chi connectivity index (χ2n) is 6.43. The first-order chi connectivity index (χ1) is 12.4. The average Bonchev–Trinajstić information content (AvgIpc) is 2.64. The zero-order valence-electron chi connectivity index (χ0n) is 13.6. The minimum atomic E-state index is -1.80.